The zero-order valence-electron chi connectivity index (χ0n) is 11.0. The quantitative estimate of drug-likeness (QED) is 0.826. The van der Waals surface area contributed by atoms with Crippen LogP contribution in [0, 0.1) is 6.92 Å². The van der Waals surface area contributed by atoms with Gasteiger partial charge in [-0.2, -0.15) is 15.3 Å². The molecule has 1 aliphatic rings. The second kappa shape index (κ2) is 5.01. The van der Waals surface area contributed by atoms with E-state index in [0.29, 0.717) is 17.7 Å². The van der Waals surface area contributed by atoms with Gasteiger partial charge in [0.2, 0.25) is 0 Å². The maximum absolute atomic E-state index is 12.2. The average molecular weight is 273 g/mol. The van der Waals surface area contributed by atoms with E-state index in [1.54, 1.807) is 36.1 Å². The number of nitrogens with zero attached hydrogens (tertiary/aromatic N) is 4. The van der Waals surface area contributed by atoms with E-state index in [0.717, 1.165) is 0 Å². The first-order valence-electron chi connectivity index (χ1n) is 6.43. The summed E-state index contributed by atoms with van der Waals surface area (Å²) in [5.74, 6) is -0.202. The van der Waals surface area contributed by atoms with Crippen molar-refractivity contribution in [2.75, 3.05) is 0 Å². The molecule has 0 radical (unpaired) electrons. The summed E-state index contributed by atoms with van der Waals surface area (Å²) in [6, 6.07) is 3.07. The Morgan fingerprint density at radius 2 is 2.35 bits per heavy atom. The van der Waals surface area contributed by atoms with Crippen LogP contribution in [0.1, 0.15) is 28.5 Å². The Hall–Kier alpha value is -2.28. The highest BCUT2D eigenvalue weighted by molar-refractivity contribution is 5.95. The van der Waals surface area contributed by atoms with Crippen LogP contribution in [0.4, 0.5) is 0 Å². The highest BCUT2D eigenvalue weighted by Crippen LogP contribution is 2.32. The molecule has 1 aliphatic carbocycles. The summed E-state index contributed by atoms with van der Waals surface area (Å²) in [5, 5.41) is 24.5. The Labute approximate surface area is 115 Å². The van der Waals surface area contributed by atoms with Crippen LogP contribution < -0.4 is 5.32 Å². The number of carbonyl (C=O) groups excluding carboxylic acids is 1. The molecule has 0 saturated heterocycles. The van der Waals surface area contributed by atoms with Gasteiger partial charge in [0.05, 0.1) is 35.6 Å². The number of nitrogens with one attached hydrogen (secondary N) is 1. The van der Waals surface area contributed by atoms with Gasteiger partial charge in [0.25, 0.3) is 5.91 Å². The van der Waals surface area contributed by atoms with E-state index in [1.807, 2.05) is 0 Å². The molecule has 0 unspecified atom stereocenters. The van der Waals surface area contributed by atoms with Crippen LogP contribution in [0.25, 0.3) is 0 Å². The third-order valence-electron chi connectivity index (χ3n) is 3.60. The van der Waals surface area contributed by atoms with Gasteiger partial charge in [0, 0.05) is 12.4 Å². The first-order chi connectivity index (χ1) is 9.66. The summed E-state index contributed by atoms with van der Waals surface area (Å²) in [5.41, 5.74) is 1.08. The lowest BCUT2D eigenvalue weighted by Gasteiger charge is -2.41. The Morgan fingerprint density at radius 1 is 1.50 bits per heavy atom. The third-order valence-corrected chi connectivity index (χ3v) is 3.60. The van der Waals surface area contributed by atoms with Crippen LogP contribution >= 0.6 is 0 Å². The van der Waals surface area contributed by atoms with Crippen molar-refractivity contribution in [1.82, 2.24) is 25.3 Å². The molecule has 2 N–H and O–H groups in total. The first kappa shape index (κ1) is 12.7. The molecule has 3 rings (SSSR count). The summed E-state index contributed by atoms with van der Waals surface area (Å²) in [4.78, 5) is 12.2. The molecule has 1 saturated carbocycles. The van der Waals surface area contributed by atoms with Crippen LogP contribution in [-0.2, 0) is 0 Å². The van der Waals surface area contributed by atoms with Crippen LogP contribution in [0.2, 0.25) is 0 Å². The predicted molar refractivity (Wildman–Crippen MR) is 69.9 cm³/mol. The van der Waals surface area contributed by atoms with Crippen molar-refractivity contribution in [3.63, 3.8) is 0 Å². The van der Waals surface area contributed by atoms with Crippen molar-refractivity contribution in [2.45, 2.75) is 31.5 Å². The Morgan fingerprint density at radius 3 is 3.00 bits per heavy atom. The monoisotopic (exact) mass is 273 g/mol. The number of aliphatic hydroxyl groups is 1. The van der Waals surface area contributed by atoms with Crippen molar-refractivity contribution in [1.29, 1.82) is 0 Å². The Kier molecular flexibility index (Phi) is 3.19. The maximum atomic E-state index is 12.2. The molecule has 3 atom stereocenters. The summed E-state index contributed by atoms with van der Waals surface area (Å²) in [6.07, 6.45) is 4.96. The second-order valence-corrected chi connectivity index (χ2v) is 4.89. The minimum absolute atomic E-state index is 0.134. The summed E-state index contributed by atoms with van der Waals surface area (Å²) in [7, 11) is 0. The summed E-state index contributed by atoms with van der Waals surface area (Å²) in [6.45, 7) is 1.74. The highest BCUT2D eigenvalue weighted by Gasteiger charge is 2.42. The molecule has 2 aromatic rings. The van der Waals surface area contributed by atoms with Crippen LogP contribution in [-0.4, -0.2) is 43.1 Å². The van der Waals surface area contributed by atoms with Crippen molar-refractivity contribution < 1.29 is 9.90 Å². The van der Waals surface area contributed by atoms with Crippen molar-refractivity contribution in [3.8, 4) is 0 Å². The van der Waals surface area contributed by atoms with E-state index < -0.39 is 6.10 Å². The number of hydrogen-bond acceptors (Lipinski definition) is 5. The van der Waals surface area contributed by atoms with Crippen molar-refractivity contribution in [2.24, 2.45) is 0 Å². The van der Waals surface area contributed by atoms with E-state index in [-0.39, 0.29) is 18.0 Å². The normalized spacial score (nSPS) is 25.0. The van der Waals surface area contributed by atoms with E-state index in [4.69, 9.17) is 0 Å². The van der Waals surface area contributed by atoms with Crippen molar-refractivity contribution in [3.05, 3.63) is 42.0 Å². The fourth-order valence-corrected chi connectivity index (χ4v) is 2.46. The lowest BCUT2D eigenvalue weighted by atomic mass is 9.83. The molecule has 7 heteroatoms. The van der Waals surface area contributed by atoms with Gasteiger partial charge in [-0.05, 0) is 25.5 Å². The Bertz CT molecular complexity index is 613. The van der Waals surface area contributed by atoms with Crippen LogP contribution in [0.3, 0.4) is 0 Å². The molecule has 0 bridgehead atoms. The predicted octanol–water partition coefficient (Wildman–Crippen LogP) is 0.0858. The van der Waals surface area contributed by atoms with Gasteiger partial charge in [0.15, 0.2) is 0 Å². The number of aromatic nitrogens is 4. The van der Waals surface area contributed by atoms with Crippen LogP contribution in [0.5, 0.6) is 0 Å². The lowest BCUT2D eigenvalue weighted by molar-refractivity contribution is -0.00589. The van der Waals surface area contributed by atoms with Gasteiger partial charge >= 0.3 is 0 Å². The number of rotatable bonds is 3. The highest BCUT2D eigenvalue weighted by atomic mass is 16.3. The summed E-state index contributed by atoms with van der Waals surface area (Å²) < 4.78 is 1.68. The van der Waals surface area contributed by atoms with Gasteiger partial charge in [0.1, 0.15) is 0 Å². The van der Waals surface area contributed by atoms with Crippen molar-refractivity contribution >= 4 is 5.91 Å². The molecule has 0 aliphatic heterocycles. The number of carbonyl (C=O) groups is 1. The van der Waals surface area contributed by atoms with E-state index in [9.17, 15) is 9.90 Å². The number of aliphatic hydroxyl groups excluding tert-OH is 1. The number of amides is 1. The van der Waals surface area contributed by atoms with Gasteiger partial charge in [-0.1, -0.05) is 0 Å². The Balaban J connectivity index is 1.72. The fraction of sp³-hybridized carbons (Fsp3) is 0.385. The zero-order chi connectivity index (χ0) is 14.1. The number of hydrogen-bond donors (Lipinski definition) is 2. The molecule has 20 heavy (non-hydrogen) atoms. The minimum atomic E-state index is -0.489. The van der Waals surface area contributed by atoms with Gasteiger partial charge in [-0.15, -0.1) is 0 Å². The molecule has 2 heterocycles. The standard InChI is InChI=1S/C13H15N5O2/c1-8-9(3-5-14-17-8)13(20)16-10-7-11(19)12(10)18-6-2-4-15-18/h2-6,10-12,19H,7H2,1H3,(H,16,20)/t10-,11+,12+/m0/s1. The minimum Gasteiger partial charge on any atom is -0.391 e. The molecule has 1 amide bonds. The SMILES string of the molecule is Cc1nnccc1C(=O)N[C@H]1C[C@@H](O)[C@@H]1n1cccn1. The second-order valence-electron chi connectivity index (χ2n) is 4.89. The number of aryl methyl sites for hydroxylation is 1. The van der Waals surface area contributed by atoms with Gasteiger partial charge in [-0.3, -0.25) is 9.48 Å². The van der Waals surface area contributed by atoms with Gasteiger partial charge < -0.3 is 10.4 Å². The largest absolute Gasteiger partial charge is 0.391 e. The fourth-order valence-electron chi connectivity index (χ4n) is 2.46. The van der Waals surface area contributed by atoms with Crippen LogP contribution in [0.15, 0.2) is 30.7 Å². The molecule has 104 valence electrons. The molecule has 0 spiro atoms. The zero-order valence-corrected chi connectivity index (χ0v) is 11.0. The maximum Gasteiger partial charge on any atom is 0.253 e. The summed E-state index contributed by atoms with van der Waals surface area (Å²) >= 11 is 0. The van der Waals surface area contributed by atoms with E-state index >= 15 is 0 Å². The van der Waals surface area contributed by atoms with E-state index in [2.05, 4.69) is 20.6 Å². The topological polar surface area (TPSA) is 92.9 Å². The smallest absolute Gasteiger partial charge is 0.253 e. The lowest BCUT2D eigenvalue weighted by Crippen LogP contribution is -2.56. The molecule has 0 aromatic carbocycles. The molecule has 7 nitrogen and oxygen atoms in total. The first-order valence-corrected chi connectivity index (χ1v) is 6.43. The molecular weight excluding hydrogens is 258 g/mol. The van der Waals surface area contributed by atoms with E-state index in [1.165, 1.54) is 6.20 Å². The van der Waals surface area contributed by atoms with Gasteiger partial charge in [-0.25, -0.2) is 0 Å². The molecule has 2 aromatic heterocycles. The average Bonchev–Trinajstić information content (AvgIpc) is 2.91. The molecular formula is C13H15N5O2. The molecule has 1 fully saturated rings. The third kappa shape index (κ3) is 2.16.